The van der Waals surface area contributed by atoms with Gasteiger partial charge in [0.1, 0.15) is 0 Å². The minimum atomic E-state index is -0.0441. The molecule has 1 aliphatic rings. The Bertz CT molecular complexity index is 240. The van der Waals surface area contributed by atoms with Crippen molar-refractivity contribution in [3.05, 3.63) is 0 Å². The maximum atomic E-state index is 11.1. The topological polar surface area (TPSA) is 38.8 Å². The predicted molar refractivity (Wildman–Crippen MR) is 77.1 cm³/mol. The number of carbonyl (C=O) groups excluding carboxylic acids is 1. The van der Waals surface area contributed by atoms with Crippen LogP contribution in [0.3, 0.4) is 0 Å². The van der Waals surface area contributed by atoms with Gasteiger partial charge in [-0.3, -0.25) is 4.79 Å². The Hall–Kier alpha value is -0.570. The fourth-order valence-corrected chi connectivity index (χ4v) is 2.52. The average molecular weight is 270 g/mol. The third-order valence-corrected chi connectivity index (χ3v) is 3.76. The Balaban J connectivity index is 1.73. The summed E-state index contributed by atoms with van der Waals surface area (Å²) in [5.41, 5.74) is 0. The van der Waals surface area contributed by atoms with Crippen LogP contribution in [-0.2, 0) is 14.3 Å². The van der Waals surface area contributed by atoms with Crippen LogP contribution in [0.5, 0.6) is 0 Å². The van der Waals surface area contributed by atoms with Crippen LogP contribution in [0.1, 0.15) is 78.1 Å². The molecule has 1 saturated heterocycles. The number of unbranched alkanes of at least 4 members (excludes halogenated alkanes) is 6. The summed E-state index contributed by atoms with van der Waals surface area (Å²) >= 11 is 0. The van der Waals surface area contributed by atoms with E-state index < -0.39 is 0 Å². The van der Waals surface area contributed by atoms with Crippen LogP contribution >= 0.6 is 0 Å². The van der Waals surface area contributed by atoms with Crippen LogP contribution < -0.4 is 0 Å². The van der Waals surface area contributed by atoms with E-state index in [1.807, 2.05) is 6.92 Å². The molecule has 3 nitrogen and oxygen atoms in total. The molecule has 2 unspecified atom stereocenters. The predicted octanol–water partition coefficient (Wildman–Crippen LogP) is 4.24. The van der Waals surface area contributed by atoms with Crippen LogP contribution in [0.2, 0.25) is 0 Å². The normalized spacial score (nSPS) is 21.4. The molecule has 0 aromatic rings. The van der Waals surface area contributed by atoms with E-state index >= 15 is 0 Å². The van der Waals surface area contributed by atoms with Crippen molar-refractivity contribution in [1.82, 2.24) is 0 Å². The van der Waals surface area contributed by atoms with Crippen molar-refractivity contribution < 1.29 is 14.3 Å². The van der Waals surface area contributed by atoms with Gasteiger partial charge in [-0.25, -0.2) is 0 Å². The number of hydrogen-bond acceptors (Lipinski definition) is 3. The Morgan fingerprint density at radius 2 is 1.58 bits per heavy atom. The second-order valence-corrected chi connectivity index (χ2v) is 5.44. The lowest BCUT2D eigenvalue weighted by Gasteiger charge is -2.02. The summed E-state index contributed by atoms with van der Waals surface area (Å²) in [6, 6.07) is 0. The van der Waals surface area contributed by atoms with E-state index in [1.54, 1.807) is 0 Å². The van der Waals surface area contributed by atoms with E-state index in [1.165, 1.54) is 44.9 Å². The highest BCUT2D eigenvalue weighted by molar-refractivity contribution is 5.69. The first-order chi connectivity index (χ1) is 9.27. The monoisotopic (exact) mass is 270 g/mol. The summed E-state index contributed by atoms with van der Waals surface area (Å²) in [6.07, 6.45) is 12.8. The van der Waals surface area contributed by atoms with Gasteiger partial charge in [0, 0.05) is 6.42 Å². The molecule has 112 valence electrons. The molecule has 1 aliphatic heterocycles. The Labute approximate surface area is 118 Å². The van der Waals surface area contributed by atoms with E-state index in [2.05, 4.69) is 6.92 Å². The molecule has 0 radical (unpaired) electrons. The van der Waals surface area contributed by atoms with Crippen LogP contribution in [0.25, 0.3) is 0 Å². The molecule has 0 amide bonds. The zero-order valence-corrected chi connectivity index (χ0v) is 12.7. The van der Waals surface area contributed by atoms with Gasteiger partial charge in [-0.15, -0.1) is 0 Å². The third-order valence-electron chi connectivity index (χ3n) is 3.76. The lowest BCUT2D eigenvalue weighted by Crippen LogP contribution is -2.03. The fraction of sp³-hybridized carbons (Fsp3) is 0.938. The molecule has 0 spiro atoms. The second kappa shape index (κ2) is 10.2. The van der Waals surface area contributed by atoms with Gasteiger partial charge < -0.3 is 9.47 Å². The number of carbonyl (C=O) groups is 1. The fourth-order valence-electron chi connectivity index (χ4n) is 2.52. The number of hydrogen-bond donors (Lipinski definition) is 0. The Morgan fingerprint density at radius 1 is 0.947 bits per heavy atom. The number of rotatable bonds is 12. The lowest BCUT2D eigenvalue weighted by molar-refractivity contribution is -0.143. The summed E-state index contributed by atoms with van der Waals surface area (Å²) in [7, 11) is 0. The molecule has 2 atom stereocenters. The number of epoxide rings is 1. The van der Waals surface area contributed by atoms with Gasteiger partial charge in [0.05, 0.1) is 18.8 Å². The lowest BCUT2D eigenvalue weighted by atomic mass is 10.1. The third kappa shape index (κ3) is 8.25. The molecule has 0 bridgehead atoms. The van der Waals surface area contributed by atoms with E-state index in [9.17, 15) is 4.79 Å². The van der Waals surface area contributed by atoms with Gasteiger partial charge >= 0.3 is 5.97 Å². The smallest absolute Gasteiger partial charge is 0.305 e. The average Bonchev–Trinajstić information content (AvgIpc) is 3.16. The molecular weight excluding hydrogens is 240 g/mol. The highest BCUT2D eigenvalue weighted by Gasteiger charge is 2.35. The van der Waals surface area contributed by atoms with E-state index in [4.69, 9.17) is 9.47 Å². The van der Waals surface area contributed by atoms with Gasteiger partial charge in [0.15, 0.2) is 0 Å². The van der Waals surface area contributed by atoms with Crippen molar-refractivity contribution >= 4 is 5.97 Å². The summed E-state index contributed by atoms with van der Waals surface area (Å²) < 4.78 is 10.4. The van der Waals surface area contributed by atoms with Crippen molar-refractivity contribution in [1.29, 1.82) is 0 Å². The summed E-state index contributed by atoms with van der Waals surface area (Å²) in [5, 5.41) is 0. The highest BCUT2D eigenvalue weighted by Crippen LogP contribution is 2.29. The van der Waals surface area contributed by atoms with E-state index in [0.29, 0.717) is 25.2 Å². The first-order valence-corrected chi connectivity index (χ1v) is 8.09. The van der Waals surface area contributed by atoms with Crippen LogP contribution in [-0.4, -0.2) is 24.8 Å². The van der Waals surface area contributed by atoms with Crippen molar-refractivity contribution in [3.63, 3.8) is 0 Å². The van der Waals surface area contributed by atoms with Gasteiger partial charge in [-0.1, -0.05) is 45.4 Å². The molecule has 0 N–H and O–H groups in total. The maximum Gasteiger partial charge on any atom is 0.305 e. The molecule has 0 aromatic carbocycles. The van der Waals surface area contributed by atoms with Gasteiger partial charge in [0.2, 0.25) is 0 Å². The molecule has 0 saturated carbocycles. The van der Waals surface area contributed by atoms with Crippen molar-refractivity contribution in [2.45, 2.75) is 90.3 Å². The summed E-state index contributed by atoms with van der Waals surface area (Å²) in [5.74, 6) is -0.0441. The van der Waals surface area contributed by atoms with Crippen molar-refractivity contribution in [2.24, 2.45) is 0 Å². The zero-order valence-electron chi connectivity index (χ0n) is 12.7. The SMILES string of the molecule is CCOC(=O)CCCCCCCCCC1OC1CC. The van der Waals surface area contributed by atoms with Crippen LogP contribution in [0, 0.1) is 0 Å². The van der Waals surface area contributed by atoms with E-state index in [-0.39, 0.29) is 5.97 Å². The molecule has 0 aliphatic carbocycles. The van der Waals surface area contributed by atoms with Gasteiger partial charge in [-0.2, -0.15) is 0 Å². The molecule has 0 aromatic heterocycles. The molecule has 3 heteroatoms. The number of ether oxygens (including phenoxy) is 2. The first-order valence-electron chi connectivity index (χ1n) is 8.09. The maximum absolute atomic E-state index is 11.1. The molecular formula is C16H30O3. The molecule has 1 rings (SSSR count). The standard InChI is InChI=1S/C16H30O3/c1-3-14-15(19-14)12-10-8-6-5-7-9-11-13-16(17)18-4-2/h14-15H,3-13H2,1-2H3. The zero-order chi connectivity index (χ0) is 13.9. The Kier molecular flexibility index (Phi) is 8.89. The van der Waals surface area contributed by atoms with Gasteiger partial charge in [0.25, 0.3) is 0 Å². The highest BCUT2D eigenvalue weighted by atomic mass is 16.6. The summed E-state index contributed by atoms with van der Waals surface area (Å²) in [6.45, 7) is 4.55. The molecule has 1 fully saturated rings. The molecule has 1 heterocycles. The van der Waals surface area contributed by atoms with Crippen LogP contribution in [0.4, 0.5) is 0 Å². The molecule has 19 heavy (non-hydrogen) atoms. The quantitative estimate of drug-likeness (QED) is 0.302. The van der Waals surface area contributed by atoms with Crippen molar-refractivity contribution in [3.8, 4) is 0 Å². The first kappa shape index (κ1) is 16.5. The van der Waals surface area contributed by atoms with Crippen molar-refractivity contribution in [2.75, 3.05) is 6.61 Å². The minimum Gasteiger partial charge on any atom is -0.466 e. The number of esters is 1. The largest absolute Gasteiger partial charge is 0.466 e. The Morgan fingerprint density at radius 3 is 2.16 bits per heavy atom. The minimum absolute atomic E-state index is 0.0441. The van der Waals surface area contributed by atoms with Gasteiger partial charge in [-0.05, 0) is 26.2 Å². The van der Waals surface area contributed by atoms with E-state index in [0.717, 1.165) is 12.8 Å². The second-order valence-electron chi connectivity index (χ2n) is 5.44. The van der Waals surface area contributed by atoms with Crippen LogP contribution in [0.15, 0.2) is 0 Å². The summed E-state index contributed by atoms with van der Waals surface area (Å²) in [4.78, 5) is 11.1.